The number of fused-ring (bicyclic) bond motifs is 1. The minimum atomic E-state index is -3.59. The van der Waals surface area contributed by atoms with Crippen molar-refractivity contribution < 1.29 is 17.9 Å². The largest absolute Gasteiger partial charge is 0.454 e. The van der Waals surface area contributed by atoms with Crippen molar-refractivity contribution >= 4 is 38.6 Å². The monoisotopic (exact) mass is 395 g/mol. The van der Waals surface area contributed by atoms with Crippen molar-refractivity contribution in [2.45, 2.75) is 16.1 Å². The number of sulfone groups is 1. The van der Waals surface area contributed by atoms with Gasteiger partial charge in [0.1, 0.15) is 0 Å². The molecule has 5 nitrogen and oxygen atoms in total. The quantitative estimate of drug-likeness (QED) is 0.802. The van der Waals surface area contributed by atoms with Crippen LogP contribution in [-0.2, 0) is 9.84 Å². The summed E-state index contributed by atoms with van der Waals surface area (Å²) in [4.78, 5) is 0.414. The molecule has 2 aromatic carbocycles. The van der Waals surface area contributed by atoms with Crippen molar-refractivity contribution in [1.82, 2.24) is 0 Å². The topological polar surface area (TPSA) is 78.6 Å². The number of hydrogen-bond acceptors (Lipinski definition) is 5. The van der Waals surface area contributed by atoms with Crippen molar-refractivity contribution in [3.05, 3.63) is 53.1 Å². The van der Waals surface area contributed by atoms with Crippen LogP contribution in [0, 0.1) is 5.92 Å². The molecule has 1 fully saturated rings. The van der Waals surface area contributed by atoms with E-state index in [1.807, 2.05) is 6.07 Å². The lowest BCUT2D eigenvalue weighted by Gasteiger charge is -2.05. The second-order valence-electron chi connectivity index (χ2n) is 6.03. The van der Waals surface area contributed by atoms with Crippen LogP contribution < -0.4 is 15.2 Å². The Morgan fingerprint density at radius 2 is 1.80 bits per heavy atom. The normalized spacial score (nSPS) is 24.1. The summed E-state index contributed by atoms with van der Waals surface area (Å²) in [6.45, 7) is 0.161. The van der Waals surface area contributed by atoms with E-state index in [0.717, 1.165) is 5.56 Å². The molecule has 3 atom stereocenters. The fraction of sp³-hybridized carbons (Fsp3) is 0.235. The minimum absolute atomic E-state index is 0.161. The number of benzene rings is 2. The second kappa shape index (κ2) is 5.86. The second-order valence-corrected chi connectivity index (χ2v) is 9.04. The fourth-order valence-corrected chi connectivity index (χ4v) is 5.97. The van der Waals surface area contributed by atoms with Gasteiger partial charge in [-0.15, -0.1) is 0 Å². The van der Waals surface area contributed by atoms with Crippen LogP contribution in [0.15, 0.2) is 47.4 Å². The summed E-state index contributed by atoms with van der Waals surface area (Å²) in [6.07, 6.45) is 0. The maximum absolute atomic E-state index is 13.0. The van der Waals surface area contributed by atoms with E-state index in [-0.39, 0.29) is 22.6 Å². The highest BCUT2D eigenvalue weighted by atomic mass is 35.5. The molecule has 0 radical (unpaired) electrons. The molecule has 2 aliphatic rings. The lowest BCUT2D eigenvalue weighted by atomic mass is 10.1. The van der Waals surface area contributed by atoms with Gasteiger partial charge >= 0.3 is 0 Å². The molecule has 0 amide bonds. The number of rotatable bonds is 4. The van der Waals surface area contributed by atoms with Gasteiger partial charge in [-0.25, -0.2) is 8.42 Å². The summed E-state index contributed by atoms with van der Waals surface area (Å²) in [5.41, 5.74) is 6.64. The Labute approximate surface area is 155 Å². The third-order valence-electron chi connectivity index (χ3n) is 4.56. The van der Waals surface area contributed by atoms with Crippen LogP contribution in [0.4, 0.5) is 0 Å². The molecular formula is C17H14ClNO4S2. The van der Waals surface area contributed by atoms with Gasteiger partial charge in [-0.05, 0) is 42.0 Å². The lowest BCUT2D eigenvalue weighted by Crippen LogP contribution is -2.17. The van der Waals surface area contributed by atoms with Gasteiger partial charge in [-0.2, -0.15) is 0 Å². The van der Waals surface area contributed by atoms with Gasteiger partial charge < -0.3 is 15.2 Å². The van der Waals surface area contributed by atoms with Gasteiger partial charge in [0.2, 0.25) is 6.79 Å². The minimum Gasteiger partial charge on any atom is -0.454 e. The number of nitrogens with two attached hydrogens (primary N) is 1. The van der Waals surface area contributed by atoms with E-state index >= 15 is 0 Å². The number of thiocarbonyl (C=S) groups is 1. The molecule has 2 N–H and O–H groups in total. The average molecular weight is 396 g/mol. The maximum atomic E-state index is 13.0. The van der Waals surface area contributed by atoms with Crippen molar-refractivity contribution in [1.29, 1.82) is 0 Å². The van der Waals surface area contributed by atoms with E-state index in [4.69, 9.17) is 39.0 Å². The third kappa shape index (κ3) is 2.76. The molecule has 2 aromatic rings. The van der Waals surface area contributed by atoms with E-state index in [2.05, 4.69) is 0 Å². The van der Waals surface area contributed by atoms with Crippen LogP contribution in [0.2, 0.25) is 5.02 Å². The highest BCUT2D eigenvalue weighted by Gasteiger charge is 2.60. The number of halogens is 1. The van der Waals surface area contributed by atoms with Crippen molar-refractivity contribution in [2.75, 3.05) is 6.79 Å². The standard InChI is InChI=1S/C17H14ClNO4S2/c18-10-2-4-11(5-3-10)25(20,21)16-14(15(16)17(19)24)9-1-6-12-13(7-9)23-8-22-12/h1-7,14-16H,8H2,(H2,19,24)/t14-,15+,16-/m0/s1. The van der Waals surface area contributed by atoms with Crippen LogP contribution in [0.5, 0.6) is 11.5 Å². The average Bonchev–Trinajstić information content (AvgIpc) is 3.18. The summed E-state index contributed by atoms with van der Waals surface area (Å²) in [5.74, 6) is 0.547. The summed E-state index contributed by atoms with van der Waals surface area (Å²) in [5, 5.41) is -0.209. The molecule has 1 saturated carbocycles. The first kappa shape index (κ1) is 16.6. The van der Waals surface area contributed by atoms with Crippen molar-refractivity contribution in [2.24, 2.45) is 11.7 Å². The molecule has 1 aliphatic heterocycles. The van der Waals surface area contributed by atoms with Gasteiger partial charge in [-0.3, -0.25) is 0 Å². The first-order valence-electron chi connectivity index (χ1n) is 7.58. The molecule has 0 unspecified atom stereocenters. The molecule has 0 bridgehead atoms. The van der Waals surface area contributed by atoms with Crippen molar-refractivity contribution in [3.8, 4) is 11.5 Å². The number of hydrogen-bond donors (Lipinski definition) is 1. The van der Waals surface area contributed by atoms with Crippen LogP contribution in [0.3, 0.4) is 0 Å². The zero-order valence-electron chi connectivity index (χ0n) is 12.9. The van der Waals surface area contributed by atoms with Crippen LogP contribution in [0.1, 0.15) is 11.5 Å². The summed E-state index contributed by atoms with van der Waals surface area (Å²) < 4.78 is 36.7. The smallest absolute Gasteiger partial charge is 0.231 e. The summed E-state index contributed by atoms with van der Waals surface area (Å²) >= 11 is 11.0. The molecule has 25 heavy (non-hydrogen) atoms. The van der Waals surface area contributed by atoms with E-state index in [0.29, 0.717) is 16.5 Å². The molecule has 0 aromatic heterocycles. The van der Waals surface area contributed by atoms with E-state index in [1.54, 1.807) is 24.3 Å². The molecule has 1 aliphatic carbocycles. The van der Waals surface area contributed by atoms with Crippen molar-refractivity contribution in [3.63, 3.8) is 0 Å². The molecule has 4 rings (SSSR count). The molecule has 0 saturated heterocycles. The fourth-order valence-electron chi connectivity index (χ4n) is 3.31. The Kier molecular flexibility index (Phi) is 3.90. The SMILES string of the molecule is NC(=S)[C@@H]1[C@H](c2ccc3c(c2)OCO3)[C@@H]1S(=O)(=O)c1ccc(Cl)cc1. The third-order valence-corrected chi connectivity index (χ3v) is 7.32. The summed E-state index contributed by atoms with van der Waals surface area (Å²) in [7, 11) is -3.59. The van der Waals surface area contributed by atoms with Gasteiger partial charge in [-0.1, -0.05) is 29.9 Å². The van der Waals surface area contributed by atoms with E-state index < -0.39 is 21.0 Å². The Morgan fingerprint density at radius 1 is 1.12 bits per heavy atom. The lowest BCUT2D eigenvalue weighted by molar-refractivity contribution is 0.174. The zero-order valence-corrected chi connectivity index (χ0v) is 15.3. The molecular weight excluding hydrogens is 382 g/mol. The molecule has 1 heterocycles. The van der Waals surface area contributed by atoms with Crippen LogP contribution >= 0.6 is 23.8 Å². The zero-order chi connectivity index (χ0) is 17.8. The predicted octanol–water partition coefficient (Wildman–Crippen LogP) is 2.91. The van der Waals surface area contributed by atoms with E-state index in [9.17, 15) is 8.42 Å². The molecule has 0 spiro atoms. The Hall–Kier alpha value is -1.83. The maximum Gasteiger partial charge on any atom is 0.231 e. The Bertz CT molecular complexity index is 959. The van der Waals surface area contributed by atoms with Gasteiger partial charge in [0, 0.05) is 16.9 Å². The summed E-state index contributed by atoms with van der Waals surface area (Å²) in [6, 6.07) is 11.5. The first-order valence-corrected chi connectivity index (χ1v) is 9.91. The van der Waals surface area contributed by atoms with E-state index in [1.165, 1.54) is 12.1 Å². The molecule has 130 valence electrons. The van der Waals surface area contributed by atoms with Gasteiger partial charge in [0.25, 0.3) is 0 Å². The Balaban J connectivity index is 1.71. The highest BCUT2D eigenvalue weighted by molar-refractivity contribution is 7.92. The van der Waals surface area contributed by atoms with Crippen LogP contribution in [0.25, 0.3) is 0 Å². The first-order chi connectivity index (χ1) is 11.9. The predicted molar refractivity (Wildman–Crippen MR) is 98.0 cm³/mol. The molecule has 8 heteroatoms. The number of ether oxygens (including phenoxy) is 2. The highest BCUT2D eigenvalue weighted by Crippen LogP contribution is 2.55. The van der Waals surface area contributed by atoms with Gasteiger partial charge in [0.05, 0.1) is 15.1 Å². The van der Waals surface area contributed by atoms with Crippen LogP contribution in [-0.4, -0.2) is 25.4 Å². The van der Waals surface area contributed by atoms with Gasteiger partial charge in [0.15, 0.2) is 21.3 Å². The Morgan fingerprint density at radius 3 is 2.48 bits per heavy atom.